The molecular formula is C17H18Cl3N. The van der Waals surface area contributed by atoms with Gasteiger partial charge in [-0.05, 0) is 55.7 Å². The van der Waals surface area contributed by atoms with Crippen LogP contribution in [0.3, 0.4) is 0 Å². The van der Waals surface area contributed by atoms with E-state index in [1.165, 1.54) is 5.56 Å². The predicted octanol–water partition coefficient (Wildman–Crippen LogP) is 5.93. The molecule has 0 aromatic heterocycles. The van der Waals surface area contributed by atoms with Gasteiger partial charge in [0.05, 0.1) is 0 Å². The first-order chi connectivity index (χ1) is 9.95. The molecule has 2 aromatic carbocycles. The SMILES string of the molecule is CC(Cc1ccc(Cl)cc1)NC(C)c1ccc(Cl)cc1Cl. The van der Waals surface area contributed by atoms with Crippen LogP contribution in [-0.4, -0.2) is 6.04 Å². The molecule has 0 radical (unpaired) electrons. The lowest BCUT2D eigenvalue weighted by atomic mass is 10.0. The third-order valence-corrected chi connectivity index (χ3v) is 4.23. The van der Waals surface area contributed by atoms with Crippen LogP contribution < -0.4 is 5.32 Å². The summed E-state index contributed by atoms with van der Waals surface area (Å²) in [6, 6.07) is 14.1. The van der Waals surface area contributed by atoms with Gasteiger partial charge in [0.1, 0.15) is 0 Å². The lowest BCUT2D eigenvalue weighted by Gasteiger charge is -2.21. The molecule has 0 fully saturated rings. The highest BCUT2D eigenvalue weighted by molar-refractivity contribution is 6.35. The van der Waals surface area contributed by atoms with E-state index in [2.05, 4.69) is 31.3 Å². The maximum atomic E-state index is 6.25. The van der Waals surface area contributed by atoms with E-state index >= 15 is 0 Å². The van der Waals surface area contributed by atoms with E-state index in [0.717, 1.165) is 17.0 Å². The lowest BCUT2D eigenvalue weighted by molar-refractivity contribution is 0.477. The summed E-state index contributed by atoms with van der Waals surface area (Å²) in [5.41, 5.74) is 2.32. The van der Waals surface area contributed by atoms with Crippen molar-refractivity contribution in [3.05, 3.63) is 68.7 Å². The van der Waals surface area contributed by atoms with Gasteiger partial charge in [-0.1, -0.05) is 53.0 Å². The molecule has 2 unspecified atom stereocenters. The molecule has 0 heterocycles. The Kier molecular flexibility index (Phi) is 5.95. The fourth-order valence-corrected chi connectivity index (χ4v) is 3.10. The summed E-state index contributed by atoms with van der Waals surface area (Å²) in [4.78, 5) is 0. The van der Waals surface area contributed by atoms with Crippen LogP contribution in [0.5, 0.6) is 0 Å². The molecule has 112 valence electrons. The highest BCUT2D eigenvalue weighted by Crippen LogP contribution is 2.26. The first-order valence-corrected chi connectivity index (χ1v) is 8.04. The Morgan fingerprint density at radius 3 is 2.14 bits per heavy atom. The average Bonchev–Trinajstić information content (AvgIpc) is 2.41. The highest BCUT2D eigenvalue weighted by atomic mass is 35.5. The Morgan fingerprint density at radius 1 is 0.905 bits per heavy atom. The summed E-state index contributed by atoms with van der Waals surface area (Å²) in [7, 11) is 0. The molecule has 2 aromatic rings. The van der Waals surface area contributed by atoms with Crippen LogP contribution in [-0.2, 0) is 6.42 Å². The molecule has 4 heteroatoms. The van der Waals surface area contributed by atoms with Crippen molar-refractivity contribution in [2.24, 2.45) is 0 Å². The Bertz CT molecular complexity index is 595. The zero-order valence-corrected chi connectivity index (χ0v) is 14.3. The normalized spacial score (nSPS) is 14.0. The third kappa shape index (κ3) is 4.89. The van der Waals surface area contributed by atoms with E-state index < -0.39 is 0 Å². The van der Waals surface area contributed by atoms with Crippen molar-refractivity contribution < 1.29 is 0 Å². The van der Waals surface area contributed by atoms with Crippen LogP contribution >= 0.6 is 34.8 Å². The number of hydrogen-bond acceptors (Lipinski definition) is 1. The van der Waals surface area contributed by atoms with E-state index in [1.54, 1.807) is 6.07 Å². The van der Waals surface area contributed by atoms with Gasteiger partial charge in [-0.3, -0.25) is 0 Å². The predicted molar refractivity (Wildman–Crippen MR) is 92.6 cm³/mol. The summed E-state index contributed by atoms with van der Waals surface area (Å²) >= 11 is 18.1. The molecule has 1 N–H and O–H groups in total. The van der Waals surface area contributed by atoms with Gasteiger partial charge in [-0.25, -0.2) is 0 Å². The first-order valence-electron chi connectivity index (χ1n) is 6.91. The lowest BCUT2D eigenvalue weighted by Crippen LogP contribution is -2.30. The summed E-state index contributed by atoms with van der Waals surface area (Å²) < 4.78 is 0. The third-order valence-electron chi connectivity index (χ3n) is 3.42. The number of hydrogen-bond donors (Lipinski definition) is 1. The van der Waals surface area contributed by atoms with Crippen LogP contribution in [0.4, 0.5) is 0 Å². The van der Waals surface area contributed by atoms with Crippen molar-refractivity contribution >= 4 is 34.8 Å². The monoisotopic (exact) mass is 341 g/mol. The van der Waals surface area contributed by atoms with Gasteiger partial charge >= 0.3 is 0 Å². The maximum Gasteiger partial charge on any atom is 0.0468 e. The van der Waals surface area contributed by atoms with Gasteiger partial charge < -0.3 is 5.32 Å². The standard InChI is InChI=1S/C17H18Cl3N/c1-11(9-13-3-5-14(18)6-4-13)21-12(2)16-8-7-15(19)10-17(16)20/h3-8,10-12,21H,9H2,1-2H3. The van der Waals surface area contributed by atoms with E-state index in [-0.39, 0.29) is 6.04 Å². The van der Waals surface area contributed by atoms with E-state index in [4.69, 9.17) is 34.8 Å². The van der Waals surface area contributed by atoms with Gasteiger partial charge in [0.15, 0.2) is 0 Å². The summed E-state index contributed by atoms with van der Waals surface area (Å²) in [6.07, 6.45) is 0.937. The number of benzene rings is 2. The van der Waals surface area contributed by atoms with E-state index in [1.807, 2.05) is 24.3 Å². The molecule has 0 amide bonds. The minimum Gasteiger partial charge on any atom is -0.307 e. The summed E-state index contributed by atoms with van der Waals surface area (Å²) in [6.45, 7) is 4.27. The van der Waals surface area contributed by atoms with E-state index in [0.29, 0.717) is 16.1 Å². The Balaban J connectivity index is 1.98. The topological polar surface area (TPSA) is 12.0 Å². The van der Waals surface area contributed by atoms with Crippen molar-refractivity contribution in [1.82, 2.24) is 5.32 Å². The molecule has 0 saturated carbocycles. The Hall–Kier alpha value is -0.730. The van der Waals surface area contributed by atoms with E-state index in [9.17, 15) is 0 Å². The van der Waals surface area contributed by atoms with Crippen molar-refractivity contribution in [2.75, 3.05) is 0 Å². The van der Waals surface area contributed by atoms with Gasteiger partial charge in [0.2, 0.25) is 0 Å². The fraction of sp³-hybridized carbons (Fsp3) is 0.294. The van der Waals surface area contributed by atoms with Crippen LogP contribution in [0.25, 0.3) is 0 Å². The number of halogens is 3. The van der Waals surface area contributed by atoms with Crippen molar-refractivity contribution in [3.63, 3.8) is 0 Å². The Morgan fingerprint density at radius 2 is 1.52 bits per heavy atom. The molecule has 0 spiro atoms. The quantitative estimate of drug-likeness (QED) is 0.710. The van der Waals surface area contributed by atoms with Gasteiger partial charge in [-0.2, -0.15) is 0 Å². The summed E-state index contributed by atoms with van der Waals surface area (Å²) in [5, 5.41) is 5.68. The minimum absolute atomic E-state index is 0.164. The molecule has 0 bridgehead atoms. The largest absolute Gasteiger partial charge is 0.307 e. The number of rotatable bonds is 5. The summed E-state index contributed by atoms with van der Waals surface area (Å²) in [5.74, 6) is 0. The molecule has 0 aliphatic carbocycles. The second kappa shape index (κ2) is 7.51. The fourth-order valence-electron chi connectivity index (χ4n) is 2.40. The number of nitrogens with one attached hydrogen (secondary N) is 1. The molecule has 1 nitrogen and oxygen atoms in total. The van der Waals surface area contributed by atoms with Crippen molar-refractivity contribution in [3.8, 4) is 0 Å². The molecule has 2 atom stereocenters. The second-order valence-corrected chi connectivity index (χ2v) is 6.57. The van der Waals surface area contributed by atoms with Crippen LogP contribution in [0.2, 0.25) is 15.1 Å². The van der Waals surface area contributed by atoms with Crippen LogP contribution in [0.1, 0.15) is 31.0 Å². The van der Waals surface area contributed by atoms with Gasteiger partial charge in [-0.15, -0.1) is 0 Å². The van der Waals surface area contributed by atoms with Crippen LogP contribution in [0.15, 0.2) is 42.5 Å². The van der Waals surface area contributed by atoms with Crippen molar-refractivity contribution in [1.29, 1.82) is 0 Å². The zero-order valence-electron chi connectivity index (χ0n) is 12.0. The highest BCUT2D eigenvalue weighted by Gasteiger charge is 2.13. The van der Waals surface area contributed by atoms with Crippen molar-refractivity contribution in [2.45, 2.75) is 32.4 Å². The maximum absolute atomic E-state index is 6.25. The minimum atomic E-state index is 0.164. The van der Waals surface area contributed by atoms with Gasteiger partial charge in [0.25, 0.3) is 0 Å². The second-order valence-electron chi connectivity index (χ2n) is 5.29. The smallest absolute Gasteiger partial charge is 0.0468 e. The molecule has 21 heavy (non-hydrogen) atoms. The zero-order chi connectivity index (χ0) is 15.4. The molecule has 2 rings (SSSR count). The Labute approximate surface area is 141 Å². The molecule has 0 saturated heterocycles. The average molecular weight is 343 g/mol. The van der Waals surface area contributed by atoms with Crippen LogP contribution in [0, 0.1) is 0 Å². The first kappa shape index (κ1) is 16.6. The molecule has 0 aliphatic heterocycles. The molecule has 0 aliphatic rings. The van der Waals surface area contributed by atoms with Gasteiger partial charge in [0, 0.05) is 27.2 Å². The molecular weight excluding hydrogens is 325 g/mol.